The van der Waals surface area contributed by atoms with Gasteiger partial charge in [0.2, 0.25) is 5.82 Å². The highest BCUT2D eigenvalue weighted by Gasteiger charge is 2.13. The van der Waals surface area contributed by atoms with Crippen molar-refractivity contribution >= 4 is 22.4 Å². The molecule has 0 aliphatic heterocycles. The normalized spacial score (nSPS) is 11.3. The Morgan fingerprint density at radius 3 is 3.00 bits per heavy atom. The van der Waals surface area contributed by atoms with Gasteiger partial charge in [0.1, 0.15) is 0 Å². The second kappa shape index (κ2) is 5.51. The first kappa shape index (κ1) is 14.0. The number of imidazole rings is 1. The minimum Gasteiger partial charge on any atom is -0.334 e. The summed E-state index contributed by atoms with van der Waals surface area (Å²) in [5.41, 5.74) is 3.31. The average molecular weight is 326 g/mol. The molecule has 1 N–H and O–H groups in total. The minimum atomic E-state index is -0.0916. The number of H-pyrrole nitrogens is 1. The van der Waals surface area contributed by atoms with E-state index >= 15 is 0 Å². The molecule has 0 saturated carbocycles. The molecule has 7 heteroatoms. The summed E-state index contributed by atoms with van der Waals surface area (Å²) < 4.78 is 7.05. The molecule has 116 valence electrons. The van der Waals surface area contributed by atoms with Gasteiger partial charge in [-0.2, -0.15) is 16.3 Å². The zero-order valence-corrected chi connectivity index (χ0v) is 13.3. The fourth-order valence-corrected chi connectivity index (χ4v) is 3.22. The molecule has 0 unspecified atom stereocenters. The van der Waals surface area contributed by atoms with Crippen LogP contribution in [-0.2, 0) is 6.54 Å². The number of hydrogen-bond donors (Lipinski definition) is 1. The maximum Gasteiger partial charge on any atom is 0.326 e. The van der Waals surface area contributed by atoms with E-state index in [2.05, 4.69) is 15.1 Å². The Hall–Kier alpha value is -2.67. The first-order valence-electron chi connectivity index (χ1n) is 7.35. The van der Waals surface area contributed by atoms with E-state index in [0.717, 1.165) is 28.6 Å². The average Bonchev–Trinajstić information content (AvgIpc) is 3.26. The highest BCUT2D eigenvalue weighted by atomic mass is 32.1. The molecule has 0 saturated heterocycles. The molecule has 0 aliphatic rings. The summed E-state index contributed by atoms with van der Waals surface area (Å²) >= 11 is 1.58. The van der Waals surface area contributed by atoms with Gasteiger partial charge in [-0.25, -0.2) is 4.79 Å². The SMILES string of the molecule is CCCn1c(=O)[nH]c2cc(-c3noc(-c4ccsc4)n3)ccc21. The highest BCUT2D eigenvalue weighted by molar-refractivity contribution is 7.08. The van der Waals surface area contributed by atoms with Crippen LogP contribution in [0.5, 0.6) is 0 Å². The molecule has 4 aromatic rings. The van der Waals surface area contributed by atoms with E-state index in [0.29, 0.717) is 18.3 Å². The van der Waals surface area contributed by atoms with Crippen molar-refractivity contribution in [1.29, 1.82) is 0 Å². The quantitative estimate of drug-likeness (QED) is 0.622. The van der Waals surface area contributed by atoms with Crippen LogP contribution < -0.4 is 5.69 Å². The fourth-order valence-electron chi connectivity index (χ4n) is 2.59. The molecule has 0 bridgehead atoms. The minimum absolute atomic E-state index is 0.0916. The number of nitrogens with one attached hydrogen (secondary N) is 1. The van der Waals surface area contributed by atoms with Crippen molar-refractivity contribution in [2.24, 2.45) is 0 Å². The number of benzene rings is 1. The lowest BCUT2D eigenvalue weighted by molar-refractivity contribution is 0.432. The van der Waals surface area contributed by atoms with E-state index in [9.17, 15) is 4.79 Å². The third-order valence-corrected chi connectivity index (χ3v) is 4.36. The molecule has 0 atom stereocenters. The van der Waals surface area contributed by atoms with E-state index in [-0.39, 0.29) is 5.69 Å². The molecule has 0 radical (unpaired) electrons. The van der Waals surface area contributed by atoms with Gasteiger partial charge in [0, 0.05) is 17.5 Å². The number of aromatic nitrogens is 4. The van der Waals surface area contributed by atoms with E-state index in [1.165, 1.54) is 0 Å². The van der Waals surface area contributed by atoms with Gasteiger partial charge < -0.3 is 9.51 Å². The molecule has 0 amide bonds. The lowest BCUT2D eigenvalue weighted by Gasteiger charge is -2.00. The van der Waals surface area contributed by atoms with Crippen molar-refractivity contribution in [3.8, 4) is 22.8 Å². The Labute approximate surface area is 135 Å². The summed E-state index contributed by atoms with van der Waals surface area (Å²) in [6.45, 7) is 2.74. The lowest BCUT2D eigenvalue weighted by Crippen LogP contribution is -2.16. The third-order valence-electron chi connectivity index (χ3n) is 3.67. The second-order valence-electron chi connectivity index (χ2n) is 5.25. The smallest absolute Gasteiger partial charge is 0.326 e. The summed E-state index contributed by atoms with van der Waals surface area (Å²) in [6.07, 6.45) is 0.906. The topological polar surface area (TPSA) is 76.7 Å². The molecule has 23 heavy (non-hydrogen) atoms. The van der Waals surface area contributed by atoms with Gasteiger partial charge in [0.25, 0.3) is 5.89 Å². The predicted molar refractivity (Wildman–Crippen MR) is 89.5 cm³/mol. The molecule has 0 aliphatic carbocycles. The standard InChI is InChI=1S/C16H14N4O2S/c1-2-6-20-13-4-3-10(8-12(13)17-16(20)21)14-18-15(22-19-14)11-5-7-23-9-11/h3-5,7-9H,2,6H2,1H3,(H,17,21). The maximum atomic E-state index is 12.0. The number of fused-ring (bicyclic) bond motifs is 1. The van der Waals surface area contributed by atoms with E-state index < -0.39 is 0 Å². The zero-order valence-electron chi connectivity index (χ0n) is 12.4. The molecule has 0 spiro atoms. The van der Waals surface area contributed by atoms with Crippen molar-refractivity contribution in [2.75, 3.05) is 0 Å². The highest BCUT2D eigenvalue weighted by Crippen LogP contribution is 2.25. The Bertz CT molecular complexity index is 1010. The maximum absolute atomic E-state index is 12.0. The second-order valence-corrected chi connectivity index (χ2v) is 6.03. The van der Waals surface area contributed by atoms with Gasteiger partial charge in [-0.15, -0.1) is 0 Å². The number of rotatable bonds is 4. The Balaban J connectivity index is 1.76. The van der Waals surface area contributed by atoms with Crippen LogP contribution in [0.2, 0.25) is 0 Å². The van der Waals surface area contributed by atoms with E-state index in [1.54, 1.807) is 15.9 Å². The molecular weight excluding hydrogens is 312 g/mol. The van der Waals surface area contributed by atoms with Crippen LogP contribution in [0.1, 0.15) is 13.3 Å². The van der Waals surface area contributed by atoms with Crippen LogP contribution in [0.25, 0.3) is 33.9 Å². The van der Waals surface area contributed by atoms with Crippen LogP contribution in [0, 0.1) is 0 Å². The number of hydrogen-bond acceptors (Lipinski definition) is 5. The Kier molecular flexibility index (Phi) is 3.34. The molecule has 4 rings (SSSR count). The predicted octanol–water partition coefficient (Wildman–Crippen LogP) is 3.52. The number of aryl methyl sites for hydroxylation is 1. The number of thiophene rings is 1. The van der Waals surface area contributed by atoms with Gasteiger partial charge in [0.15, 0.2) is 0 Å². The molecule has 6 nitrogen and oxygen atoms in total. The zero-order chi connectivity index (χ0) is 15.8. The molecular formula is C16H14N4O2S. The third kappa shape index (κ3) is 2.39. The Morgan fingerprint density at radius 2 is 2.22 bits per heavy atom. The van der Waals surface area contributed by atoms with E-state index in [1.807, 2.05) is 41.9 Å². The first-order chi connectivity index (χ1) is 11.3. The van der Waals surface area contributed by atoms with Crippen LogP contribution >= 0.6 is 11.3 Å². The lowest BCUT2D eigenvalue weighted by atomic mass is 10.2. The van der Waals surface area contributed by atoms with Gasteiger partial charge in [-0.3, -0.25) is 4.57 Å². The van der Waals surface area contributed by atoms with Crippen molar-refractivity contribution in [2.45, 2.75) is 19.9 Å². The first-order valence-corrected chi connectivity index (χ1v) is 8.30. The molecule has 3 aromatic heterocycles. The number of aromatic amines is 1. The van der Waals surface area contributed by atoms with Crippen molar-refractivity contribution in [3.05, 3.63) is 45.5 Å². The summed E-state index contributed by atoms with van der Waals surface area (Å²) in [5, 5.41) is 7.96. The molecule has 0 fully saturated rings. The summed E-state index contributed by atoms with van der Waals surface area (Å²) in [5.74, 6) is 1.01. The largest absolute Gasteiger partial charge is 0.334 e. The summed E-state index contributed by atoms with van der Waals surface area (Å²) in [4.78, 5) is 19.3. The van der Waals surface area contributed by atoms with Gasteiger partial charge in [0.05, 0.1) is 16.6 Å². The monoisotopic (exact) mass is 326 g/mol. The molecule has 3 heterocycles. The van der Waals surface area contributed by atoms with Crippen LogP contribution in [0.4, 0.5) is 0 Å². The van der Waals surface area contributed by atoms with Gasteiger partial charge in [-0.1, -0.05) is 12.1 Å². The van der Waals surface area contributed by atoms with Gasteiger partial charge >= 0.3 is 5.69 Å². The summed E-state index contributed by atoms with van der Waals surface area (Å²) in [6, 6.07) is 7.64. The fraction of sp³-hybridized carbons (Fsp3) is 0.188. The molecule has 1 aromatic carbocycles. The van der Waals surface area contributed by atoms with Crippen LogP contribution in [0.3, 0.4) is 0 Å². The van der Waals surface area contributed by atoms with Crippen LogP contribution in [-0.4, -0.2) is 19.7 Å². The van der Waals surface area contributed by atoms with Crippen LogP contribution in [0.15, 0.2) is 44.3 Å². The number of nitrogens with zero attached hydrogens (tertiary/aromatic N) is 3. The Morgan fingerprint density at radius 1 is 1.30 bits per heavy atom. The van der Waals surface area contributed by atoms with Crippen molar-refractivity contribution in [3.63, 3.8) is 0 Å². The van der Waals surface area contributed by atoms with Gasteiger partial charge in [-0.05, 0) is 36.1 Å². The van der Waals surface area contributed by atoms with Crippen molar-refractivity contribution < 1.29 is 4.52 Å². The summed E-state index contributed by atoms with van der Waals surface area (Å²) in [7, 11) is 0. The van der Waals surface area contributed by atoms with Crippen molar-refractivity contribution in [1.82, 2.24) is 19.7 Å². The van der Waals surface area contributed by atoms with E-state index in [4.69, 9.17) is 4.52 Å².